The van der Waals surface area contributed by atoms with E-state index in [9.17, 15) is 18.8 Å². The number of rotatable bonds is 8. The Morgan fingerprint density at radius 1 is 0.943 bits per heavy atom. The summed E-state index contributed by atoms with van der Waals surface area (Å²) in [4.78, 5) is 43.1. The molecule has 0 spiro atoms. The molecule has 0 atom stereocenters. The van der Waals surface area contributed by atoms with Crippen LogP contribution >= 0.6 is 11.3 Å². The molecule has 11 heteroatoms. The van der Waals surface area contributed by atoms with Crippen molar-refractivity contribution < 1.29 is 23.5 Å². The SMILES string of the molecule is O=C(Cc1csc(NC(=O)c2ccccc2F)n1)Nc1ccc(NC(=O)CN2CCOCC2)cc1. The first-order chi connectivity index (χ1) is 17.0. The maximum Gasteiger partial charge on any atom is 0.260 e. The normalized spacial score (nSPS) is 13.7. The number of carbonyl (C=O) groups is 3. The van der Waals surface area contributed by atoms with Crippen LogP contribution in [0.5, 0.6) is 0 Å². The molecule has 0 radical (unpaired) electrons. The van der Waals surface area contributed by atoms with Crippen LogP contribution in [0.1, 0.15) is 16.1 Å². The Morgan fingerprint density at radius 2 is 1.60 bits per heavy atom. The van der Waals surface area contributed by atoms with Gasteiger partial charge in [0.2, 0.25) is 11.8 Å². The van der Waals surface area contributed by atoms with Crippen LogP contribution in [-0.2, 0) is 20.7 Å². The molecule has 0 aliphatic carbocycles. The standard InChI is InChI=1S/C24H24FN5O4S/c25-20-4-2-1-3-19(20)23(33)29-24-28-18(15-35-24)13-21(31)26-16-5-7-17(8-6-16)27-22(32)14-30-9-11-34-12-10-30/h1-8,15H,9-14H2,(H,26,31)(H,27,32)(H,28,29,33). The Hall–Kier alpha value is -3.67. The number of amides is 3. The van der Waals surface area contributed by atoms with Gasteiger partial charge in [-0.1, -0.05) is 12.1 Å². The minimum atomic E-state index is -0.621. The zero-order valence-electron chi connectivity index (χ0n) is 18.8. The van der Waals surface area contributed by atoms with E-state index in [0.717, 1.165) is 24.4 Å². The summed E-state index contributed by atoms with van der Waals surface area (Å²) in [5.41, 5.74) is 1.60. The van der Waals surface area contributed by atoms with Crippen LogP contribution in [0.4, 0.5) is 20.9 Å². The average molecular weight is 498 g/mol. The fourth-order valence-corrected chi connectivity index (χ4v) is 4.13. The lowest BCUT2D eigenvalue weighted by atomic mass is 10.2. The topological polar surface area (TPSA) is 113 Å². The van der Waals surface area contributed by atoms with E-state index in [0.29, 0.717) is 36.8 Å². The highest BCUT2D eigenvalue weighted by Crippen LogP contribution is 2.19. The second-order valence-electron chi connectivity index (χ2n) is 7.82. The van der Waals surface area contributed by atoms with E-state index in [4.69, 9.17) is 4.74 Å². The van der Waals surface area contributed by atoms with Gasteiger partial charge in [-0.25, -0.2) is 9.37 Å². The fraction of sp³-hybridized carbons (Fsp3) is 0.250. The first-order valence-corrected chi connectivity index (χ1v) is 11.8. The van der Waals surface area contributed by atoms with Gasteiger partial charge in [0.1, 0.15) is 5.82 Å². The second kappa shape index (κ2) is 11.6. The van der Waals surface area contributed by atoms with Gasteiger partial charge in [-0.15, -0.1) is 11.3 Å². The monoisotopic (exact) mass is 497 g/mol. The first-order valence-electron chi connectivity index (χ1n) is 11.0. The van der Waals surface area contributed by atoms with Crippen molar-refractivity contribution in [3.63, 3.8) is 0 Å². The first kappa shape index (κ1) is 24.5. The maximum absolute atomic E-state index is 13.8. The molecule has 1 saturated heterocycles. The molecule has 1 aromatic heterocycles. The number of nitrogens with zero attached hydrogens (tertiary/aromatic N) is 2. The molecule has 3 amide bonds. The molecule has 35 heavy (non-hydrogen) atoms. The Morgan fingerprint density at radius 3 is 2.29 bits per heavy atom. The molecule has 0 unspecified atom stereocenters. The van der Waals surface area contributed by atoms with Gasteiger partial charge in [0.25, 0.3) is 5.91 Å². The van der Waals surface area contributed by atoms with Crippen molar-refractivity contribution in [2.75, 3.05) is 48.8 Å². The predicted molar refractivity (Wildman–Crippen MR) is 131 cm³/mol. The van der Waals surface area contributed by atoms with Crippen molar-refractivity contribution in [2.45, 2.75) is 6.42 Å². The van der Waals surface area contributed by atoms with Crippen molar-refractivity contribution >= 4 is 45.6 Å². The van der Waals surface area contributed by atoms with Crippen molar-refractivity contribution in [2.24, 2.45) is 0 Å². The summed E-state index contributed by atoms with van der Waals surface area (Å²) < 4.78 is 19.0. The summed E-state index contributed by atoms with van der Waals surface area (Å²) >= 11 is 1.15. The Kier molecular flexibility index (Phi) is 8.14. The van der Waals surface area contributed by atoms with Crippen LogP contribution in [0.15, 0.2) is 53.9 Å². The molecule has 182 valence electrons. The molecule has 2 heterocycles. The summed E-state index contributed by atoms with van der Waals surface area (Å²) in [6.07, 6.45) is 0.00407. The van der Waals surface area contributed by atoms with Gasteiger partial charge >= 0.3 is 0 Å². The number of thiazole rings is 1. The minimum Gasteiger partial charge on any atom is -0.379 e. The molecule has 0 saturated carbocycles. The summed E-state index contributed by atoms with van der Waals surface area (Å²) in [5.74, 6) is -1.62. The molecule has 3 aromatic rings. The zero-order valence-corrected chi connectivity index (χ0v) is 19.6. The Labute approximate surface area is 205 Å². The van der Waals surface area contributed by atoms with Gasteiger partial charge in [-0.05, 0) is 36.4 Å². The Bertz CT molecular complexity index is 1190. The van der Waals surface area contributed by atoms with E-state index in [1.807, 2.05) is 4.90 Å². The molecule has 1 aliphatic rings. The number of ether oxygens (including phenoxy) is 1. The highest BCUT2D eigenvalue weighted by atomic mass is 32.1. The number of hydrogen-bond donors (Lipinski definition) is 3. The third-order valence-corrected chi connectivity index (χ3v) is 5.96. The van der Waals surface area contributed by atoms with Crippen molar-refractivity contribution in [1.29, 1.82) is 0 Å². The van der Waals surface area contributed by atoms with Crippen LogP contribution in [0.2, 0.25) is 0 Å². The average Bonchev–Trinajstić information content (AvgIpc) is 3.27. The van der Waals surface area contributed by atoms with Crippen molar-refractivity contribution in [1.82, 2.24) is 9.88 Å². The van der Waals surface area contributed by atoms with Crippen LogP contribution in [0.25, 0.3) is 0 Å². The van der Waals surface area contributed by atoms with Crippen LogP contribution in [0.3, 0.4) is 0 Å². The molecule has 3 N–H and O–H groups in total. The highest BCUT2D eigenvalue weighted by Gasteiger charge is 2.15. The lowest BCUT2D eigenvalue weighted by molar-refractivity contribution is -0.118. The lowest BCUT2D eigenvalue weighted by Crippen LogP contribution is -2.41. The molecule has 9 nitrogen and oxygen atoms in total. The highest BCUT2D eigenvalue weighted by molar-refractivity contribution is 7.14. The van der Waals surface area contributed by atoms with E-state index in [1.54, 1.807) is 35.7 Å². The quantitative estimate of drug-likeness (QED) is 0.441. The van der Waals surface area contributed by atoms with Crippen LogP contribution in [-0.4, -0.2) is 60.5 Å². The third kappa shape index (κ3) is 7.15. The fourth-order valence-electron chi connectivity index (χ4n) is 3.42. The number of anilines is 3. The predicted octanol–water partition coefficient (Wildman–Crippen LogP) is 2.99. The maximum atomic E-state index is 13.8. The summed E-state index contributed by atoms with van der Waals surface area (Å²) in [7, 11) is 0. The van der Waals surface area contributed by atoms with E-state index < -0.39 is 11.7 Å². The summed E-state index contributed by atoms with van der Waals surface area (Å²) in [5, 5.41) is 10.1. The van der Waals surface area contributed by atoms with E-state index in [1.165, 1.54) is 18.2 Å². The second-order valence-corrected chi connectivity index (χ2v) is 8.68. The van der Waals surface area contributed by atoms with E-state index in [-0.39, 0.29) is 28.9 Å². The molecule has 1 aliphatic heterocycles. The van der Waals surface area contributed by atoms with Crippen molar-refractivity contribution in [3.8, 4) is 0 Å². The number of morpholine rings is 1. The number of aromatic nitrogens is 1. The molecular weight excluding hydrogens is 473 g/mol. The van der Waals surface area contributed by atoms with Crippen molar-refractivity contribution in [3.05, 3.63) is 71.0 Å². The summed E-state index contributed by atoms with van der Waals surface area (Å²) in [6, 6.07) is 12.5. The Balaban J connectivity index is 1.24. The van der Waals surface area contributed by atoms with E-state index >= 15 is 0 Å². The van der Waals surface area contributed by atoms with Crippen LogP contribution < -0.4 is 16.0 Å². The minimum absolute atomic E-state index is 0.00407. The third-order valence-electron chi connectivity index (χ3n) is 5.16. The van der Waals surface area contributed by atoms with Crippen LogP contribution in [0, 0.1) is 5.82 Å². The number of nitrogens with one attached hydrogen (secondary N) is 3. The van der Waals surface area contributed by atoms with Gasteiger partial charge in [-0.3, -0.25) is 24.6 Å². The van der Waals surface area contributed by atoms with E-state index in [2.05, 4.69) is 20.9 Å². The van der Waals surface area contributed by atoms with Gasteiger partial charge < -0.3 is 15.4 Å². The van der Waals surface area contributed by atoms with Gasteiger partial charge in [0, 0.05) is 29.8 Å². The number of halogens is 1. The van der Waals surface area contributed by atoms with Gasteiger partial charge in [0.05, 0.1) is 37.4 Å². The van der Waals surface area contributed by atoms with Gasteiger partial charge in [-0.2, -0.15) is 0 Å². The number of benzene rings is 2. The number of carbonyl (C=O) groups excluding carboxylic acids is 3. The smallest absolute Gasteiger partial charge is 0.260 e. The summed E-state index contributed by atoms with van der Waals surface area (Å²) in [6.45, 7) is 3.03. The molecule has 2 aromatic carbocycles. The molecular formula is C24H24FN5O4S. The largest absolute Gasteiger partial charge is 0.379 e. The lowest BCUT2D eigenvalue weighted by Gasteiger charge is -2.25. The zero-order chi connectivity index (χ0) is 24.6. The molecule has 1 fully saturated rings. The molecule has 0 bridgehead atoms. The molecule has 4 rings (SSSR count). The van der Waals surface area contributed by atoms with Gasteiger partial charge in [0.15, 0.2) is 5.13 Å². The number of hydrogen-bond acceptors (Lipinski definition) is 7.